The standard InChI is InChI=1S/C15H12N2S/c16-13-8-4-7-12(9-13)15-17-10-14(18-15)11-5-2-1-3-6-11/h1-10H,16H2. The normalized spacial score (nSPS) is 10.4. The Labute approximate surface area is 110 Å². The largest absolute Gasteiger partial charge is 0.399 e. The minimum atomic E-state index is 0.768. The SMILES string of the molecule is Nc1cccc(-c2ncc(-c3ccccc3)s2)c1. The first-order valence-electron chi connectivity index (χ1n) is 5.70. The number of nitrogen functional groups attached to an aromatic ring is 1. The summed E-state index contributed by atoms with van der Waals surface area (Å²) in [5.41, 5.74) is 8.83. The second kappa shape index (κ2) is 4.63. The molecular weight excluding hydrogens is 240 g/mol. The average Bonchev–Trinajstić information content (AvgIpc) is 2.89. The van der Waals surface area contributed by atoms with Gasteiger partial charge in [-0.2, -0.15) is 0 Å². The van der Waals surface area contributed by atoms with Crippen molar-refractivity contribution in [2.45, 2.75) is 0 Å². The number of anilines is 1. The quantitative estimate of drug-likeness (QED) is 0.698. The summed E-state index contributed by atoms with van der Waals surface area (Å²) in [4.78, 5) is 5.64. The van der Waals surface area contributed by atoms with Crippen LogP contribution in [0, 0.1) is 0 Å². The molecule has 0 radical (unpaired) electrons. The van der Waals surface area contributed by atoms with Gasteiger partial charge in [-0.05, 0) is 17.7 Å². The maximum Gasteiger partial charge on any atom is 0.123 e. The molecule has 0 aliphatic rings. The molecule has 0 fully saturated rings. The van der Waals surface area contributed by atoms with Crippen LogP contribution in [0.4, 0.5) is 5.69 Å². The monoisotopic (exact) mass is 252 g/mol. The van der Waals surface area contributed by atoms with Gasteiger partial charge in [0.2, 0.25) is 0 Å². The summed E-state index contributed by atoms with van der Waals surface area (Å²) in [5.74, 6) is 0. The molecular formula is C15H12N2S. The lowest BCUT2D eigenvalue weighted by atomic mass is 10.2. The summed E-state index contributed by atoms with van der Waals surface area (Å²) in [6.07, 6.45) is 1.92. The van der Waals surface area contributed by atoms with Gasteiger partial charge in [0.1, 0.15) is 5.01 Å². The minimum absolute atomic E-state index is 0.768. The van der Waals surface area contributed by atoms with Crippen LogP contribution >= 0.6 is 11.3 Å². The first-order chi connectivity index (χ1) is 8.83. The van der Waals surface area contributed by atoms with Gasteiger partial charge in [-0.25, -0.2) is 4.98 Å². The molecule has 18 heavy (non-hydrogen) atoms. The van der Waals surface area contributed by atoms with Gasteiger partial charge >= 0.3 is 0 Å². The first kappa shape index (κ1) is 11.0. The molecule has 0 aliphatic heterocycles. The molecule has 3 aromatic rings. The molecule has 0 atom stereocenters. The van der Waals surface area contributed by atoms with Crippen LogP contribution in [0.2, 0.25) is 0 Å². The number of aromatic nitrogens is 1. The molecule has 3 heteroatoms. The molecule has 0 unspecified atom stereocenters. The highest BCUT2D eigenvalue weighted by molar-refractivity contribution is 7.18. The summed E-state index contributed by atoms with van der Waals surface area (Å²) in [5, 5.41) is 1.00. The zero-order valence-corrected chi connectivity index (χ0v) is 10.5. The van der Waals surface area contributed by atoms with E-state index in [2.05, 4.69) is 17.1 Å². The lowest BCUT2D eigenvalue weighted by Crippen LogP contribution is -1.84. The van der Waals surface area contributed by atoms with Gasteiger partial charge in [0, 0.05) is 17.4 Å². The molecule has 2 aromatic carbocycles. The minimum Gasteiger partial charge on any atom is -0.399 e. The maximum atomic E-state index is 5.79. The van der Waals surface area contributed by atoms with Crippen molar-refractivity contribution >= 4 is 17.0 Å². The summed E-state index contributed by atoms with van der Waals surface area (Å²) in [7, 11) is 0. The Kier molecular flexibility index (Phi) is 2.82. The maximum absolute atomic E-state index is 5.79. The van der Waals surface area contributed by atoms with Crippen molar-refractivity contribution < 1.29 is 0 Å². The third kappa shape index (κ3) is 2.13. The highest BCUT2D eigenvalue weighted by atomic mass is 32.1. The van der Waals surface area contributed by atoms with Crippen LogP contribution in [0.1, 0.15) is 0 Å². The van der Waals surface area contributed by atoms with E-state index in [4.69, 9.17) is 5.73 Å². The van der Waals surface area contributed by atoms with Gasteiger partial charge in [-0.1, -0.05) is 42.5 Å². The molecule has 1 heterocycles. The van der Waals surface area contributed by atoms with E-state index in [0.717, 1.165) is 16.3 Å². The molecule has 0 aliphatic carbocycles. The fraction of sp³-hybridized carbons (Fsp3) is 0. The van der Waals surface area contributed by atoms with Gasteiger partial charge in [-0.3, -0.25) is 0 Å². The predicted molar refractivity (Wildman–Crippen MR) is 77.4 cm³/mol. The van der Waals surface area contributed by atoms with E-state index in [1.54, 1.807) is 11.3 Å². The van der Waals surface area contributed by atoms with Crippen molar-refractivity contribution in [1.29, 1.82) is 0 Å². The number of benzene rings is 2. The van der Waals surface area contributed by atoms with Crippen molar-refractivity contribution in [3.8, 4) is 21.0 Å². The Morgan fingerprint density at radius 3 is 2.44 bits per heavy atom. The van der Waals surface area contributed by atoms with Crippen molar-refractivity contribution in [2.24, 2.45) is 0 Å². The van der Waals surface area contributed by atoms with E-state index in [1.807, 2.05) is 48.7 Å². The van der Waals surface area contributed by atoms with Crippen LogP contribution in [-0.4, -0.2) is 4.98 Å². The summed E-state index contributed by atoms with van der Waals surface area (Å²) in [6.45, 7) is 0. The molecule has 0 saturated heterocycles. The number of thiazole rings is 1. The first-order valence-corrected chi connectivity index (χ1v) is 6.52. The van der Waals surface area contributed by atoms with Gasteiger partial charge < -0.3 is 5.73 Å². The predicted octanol–water partition coefficient (Wildman–Crippen LogP) is 4.06. The van der Waals surface area contributed by atoms with Crippen molar-refractivity contribution in [3.05, 3.63) is 60.8 Å². The van der Waals surface area contributed by atoms with Crippen LogP contribution in [0.25, 0.3) is 21.0 Å². The smallest absolute Gasteiger partial charge is 0.123 e. The fourth-order valence-electron chi connectivity index (χ4n) is 1.82. The van der Waals surface area contributed by atoms with Crippen LogP contribution in [0.5, 0.6) is 0 Å². The third-order valence-corrected chi connectivity index (χ3v) is 3.79. The number of nitrogens with two attached hydrogens (primary N) is 1. The second-order valence-electron chi connectivity index (χ2n) is 4.02. The van der Waals surface area contributed by atoms with Crippen LogP contribution in [-0.2, 0) is 0 Å². The highest BCUT2D eigenvalue weighted by Crippen LogP contribution is 2.32. The van der Waals surface area contributed by atoms with Crippen LogP contribution in [0.15, 0.2) is 60.8 Å². The van der Waals surface area contributed by atoms with E-state index in [1.165, 1.54) is 10.4 Å². The molecule has 0 saturated carbocycles. The zero-order chi connectivity index (χ0) is 12.4. The number of rotatable bonds is 2. The Bertz CT molecular complexity index is 659. The summed E-state index contributed by atoms with van der Waals surface area (Å²) in [6, 6.07) is 18.1. The Hall–Kier alpha value is -2.13. The molecule has 0 bridgehead atoms. The van der Waals surface area contributed by atoms with Gasteiger partial charge in [0.15, 0.2) is 0 Å². The number of nitrogens with zero attached hydrogens (tertiary/aromatic N) is 1. The van der Waals surface area contributed by atoms with Gasteiger partial charge in [0.25, 0.3) is 0 Å². The molecule has 2 N–H and O–H groups in total. The molecule has 88 valence electrons. The van der Waals surface area contributed by atoms with Gasteiger partial charge in [0.05, 0.1) is 4.88 Å². The van der Waals surface area contributed by atoms with Gasteiger partial charge in [-0.15, -0.1) is 11.3 Å². The van der Waals surface area contributed by atoms with E-state index < -0.39 is 0 Å². The molecule has 3 rings (SSSR count). The summed E-state index contributed by atoms with van der Waals surface area (Å²) >= 11 is 1.68. The number of hydrogen-bond donors (Lipinski definition) is 1. The highest BCUT2D eigenvalue weighted by Gasteiger charge is 2.06. The van der Waals surface area contributed by atoms with E-state index >= 15 is 0 Å². The third-order valence-electron chi connectivity index (χ3n) is 2.70. The average molecular weight is 252 g/mol. The Morgan fingerprint density at radius 2 is 1.67 bits per heavy atom. The van der Waals surface area contributed by atoms with Crippen molar-refractivity contribution in [3.63, 3.8) is 0 Å². The fourth-order valence-corrected chi connectivity index (χ4v) is 2.73. The Balaban J connectivity index is 2.00. The lowest BCUT2D eigenvalue weighted by molar-refractivity contribution is 1.41. The number of hydrogen-bond acceptors (Lipinski definition) is 3. The second-order valence-corrected chi connectivity index (χ2v) is 5.05. The Morgan fingerprint density at radius 1 is 0.889 bits per heavy atom. The lowest BCUT2D eigenvalue weighted by Gasteiger charge is -1.97. The molecule has 1 aromatic heterocycles. The van der Waals surface area contributed by atoms with Crippen LogP contribution < -0.4 is 5.73 Å². The van der Waals surface area contributed by atoms with Crippen molar-refractivity contribution in [1.82, 2.24) is 4.98 Å². The van der Waals surface area contributed by atoms with E-state index in [9.17, 15) is 0 Å². The summed E-state index contributed by atoms with van der Waals surface area (Å²) < 4.78 is 0. The van der Waals surface area contributed by atoms with Crippen molar-refractivity contribution in [2.75, 3.05) is 5.73 Å². The molecule has 0 amide bonds. The van der Waals surface area contributed by atoms with E-state index in [0.29, 0.717) is 0 Å². The molecule has 2 nitrogen and oxygen atoms in total. The van der Waals surface area contributed by atoms with Crippen LogP contribution in [0.3, 0.4) is 0 Å². The molecule has 0 spiro atoms. The topological polar surface area (TPSA) is 38.9 Å². The van der Waals surface area contributed by atoms with E-state index in [-0.39, 0.29) is 0 Å². The zero-order valence-electron chi connectivity index (χ0n) is 9.71.